The van der Waals surface area contributed by atoms with Crippen molar-refractivity contribution < 1.29 is 14.7 Å². The minimum absolute atomic E-state index is 0.0263. The lowest BCUT2D eigenvalue weighted by molar-refractivity contribution is -0.131. The SMILES string of the molecule is CCCCCCCCc1cc(CC(C(C)=O)C(=O)CCCCCCC)cc(CCCCCCCC)c1O. The molecule has 0 aliphatic rings. The zero-order chi connectivity index (χ0) is 27.3. The Morgan fingerprint density at radius 1 is 0.649 bits per heavy atom. The van der Waals surface area contributed by atoms with Gasteiger partial charge < -0.3 is 5.11 Å². The Kier molecular flexibility index (Phi) is 19.2. The Labute approximate surface area is 229 Å². The van der Waals surface area contributed by atoms with E-state index < -0.39 is 5.92 Å². The van der Waals surface area contributed by atoms with Crippen LogP contribution >= 0.6 is 0 Å². The van der Waals surface area contributed by atoms with E-state index in [9.17, 15) is 14.7 Å². The lowest BCUT2D eigenvalue weighted by Gasteiger charge is -2.17. The number of hydrogen-bond donors (Lipinski definition) is 1. The third kappa shape index (κ3) is 14.8. The van der Waals surface area contributed by atoms with Crippen LogP contribution in [0.3, 0.4) is 0 Å². The Hall–Kier alpha value is -1.64. The summed E-state index contributed by atoms with van der Waals surface area (Å²) in [5.41, 5.74) is 3.05. The minimum Gasteiger partial charge on any atom is -0.507 e. The van der Waals surface area contributed by atoms with Gasteiger partial charge in [-0.2, -0.15) is 0 Å². The van der Waals surface area contributed by atoms with E-state index in [1.54, 1.807) is 6.92 Å². The van der Waals surface area contributed by atoms with Gasteiger partial charge >= 0.3 is 0 Å². The van der Waals surface area contributed by atoms with Crippen molar-refractivity contribution in [3.63, 3.8) is 0 Å². The Morgan fingerprint density at radius 2 is 1.05 bits per heavy atom. The Morgan fingerprint density at radius 3 is 1.49 bits per heavy atom. The zero-order valence-corrected chi connectivity index (χ0v) is 24.8. The molecule has 0 fully saturated rings. The Balaban J connectivity index is 2.90. The number of ketones is 2. The van der Waals surface area contributed by atoms with Crippen LogP contribution in [-0.2, 0) is 28.9 Å². The summed E-state index contributed by atoms with van der Waals surface area (Å²) in [6, 6.07) is 4.16. The Bertz CT molecular complexity index is 714. The molecule has 212 valence electrons. The molecule has 0 spiro atoms. The number of carbonyl (C=O) groups excluding carboxylic acids is 2. The summed E-state index contributed by atoms with van der Waals surface area (Å²) in [7, 11) is 0. The largest absolute Gasteiger partial charge is 0.507 e. The number of benzene rings is 1. The molecule has 1 aromatic rings. The number of aryl methyl sites for hydroxylation is 2. The lowest BCUT2D eigenvalue weighted by atomic mass is 9.87. The highest BCUT2D eigenvalue weighted by atomic mass is 16.3. The maximum Gasteiger partial charge on any atom is 0.143 e. The molecule has 0 heterocycles. The molecule has 0 amide bonds. The van der Waals surface area contributed by atoms with Gasteiger partial charge in [-0.15, -0.1) is 0 Å². The molecular formula is C34H58O3. The van der Waals surface area contributed by atoms with E-state index in [1.807, 2.05) is 0 Å². The standard InChI is InChI=1S/C34H58O3/c1-5-8-11-14-17-19-22-30-25-29(26-31(34(30)37)23-20-18-15-12-9-6-2)27-32(28(4)35)33(36)24-21-16-13-10-7-3/h25-26,32,37H,5-24,27H2,1-4H3. The van der Waals surface area contributed by atoms with Gasteiger partial charge in [-0.05, 0) is 62.1 Å². The quantitative estimate of drug-likeness (QED) is 0.110. The zero-order valence-electron chi connectivity index (χ0n) is 24.8. The lowest BCUT2D eigenvalue weighted by Crippen LogP contribution is -2.24. The monoisotopic (exact) mass is 514 g/mol. The first kappa shape index (κ1) is 33.4. The number of Topliss-reactive ketones (excluding diaryl/α,β-unsaturated/α-hetero) is 2. The molecule has 1 atom stereocenters. The molecule has 0 bridgehead atoms. The summed E-state index contributed by atoms with van der Waals surface area (Å²) in [6.07, 6.45) is 22.9. The molecule has 0 aliphatic heterocycles. The number of unbranched alkanes of at least 4 members (excludes halogenated alkanes) is 14. The van der Waals surface area contributed by atoms with Gasteiger partial charge in [-0.1, -0.05) is 123 Å². The van der Waals surface area contributed by atoms with Crippen LogP contribution < -0.4 is 0 Å². The number of aromatic hydroxyl groups is 1. The number of carbonyl (C=O) groups is 2. The van der Waals surface area contributed by atoms with E-state index in [4.69, 9.17) is 0 Å². The maximum atomic E-state index is 13.0. The van der Waals surface area contributed by atoms with E-state index >= 15 is 0 Å². The molecule has 1 N–H and O–H groups in total. The van der Waals surface area contributed by atoms with Gasteiger partial charge in [0, 0.05) is 6.42 Å². The second-order valence-corrected chi connectivity index (χ2v) is 11.3. The normalized spacial score (nSPS) is 12.1. The molecule has 0 saturated heterocycles. The first-order chi connectivity index (χ1) is 17.9. The van der Waals surface area contributed by atoms with Crippen LogP contribution in [0.5, 0.6) is 5.75 Å². The van der Waals surface area contributed by atoms with Gasteiger partial charge in [0.1, 0.15) is 17.3 Å². The first-order valence-corrected chi connectivity index (χ1v) is 15.8. The van der Waals surface area contributed by atoms with Crippen molar-refractivity contribution in [1.29, 1.82) is 0 Å². The van der Waals surface area contributed by atoms with Crippen LogP contribution in [0.1, 0.15) is 160 Å². The molecule has 0 aromatic heterocycles. The number of rotatable bonds is 24. The highest BCUT2D eigenvalue weighted by Crippen LogP contribution is 2.30. The number of phenolic OH excluding ortho intramolecular Hbond substituents is 1. The summed E-state index contributed by atoms with van der Waals surface area (Å²) < 4.78 is 0. The van der Waals surface area contributed by atoms with E-state index in [1.165, 1.54) is 77.0 Å². The highest BCUT2D eigenvalue weighted by molar-refractivity contribution is 6.01. The summed E-state index contributed by atoms with van der Waals surface area (Å²) in [4.78, 5) is 25.5. The molecule has 0 saturated carbocycles. The third-order valence-electron chi connectivity index (χ3n) is 7.77. The fourth-order valence-corrected chi connectivity index (χ4v) is 5.32. The molecule has 0 aliphatic carbocycles. The van der Waals surface area contributed by atoms with Gasteiger partial charge in [0.15, 0.2) is 0 Å². The molecular weight excluding hydrogens is 456 g/mol. The maximum absolute atomic E-state index is 13.0. The number of phenols is 1. The van der Waals surface area contributed by atoms with E-state index in [0.29, 0.717) is 18.6 Å². The fourth-order valence-electron chi connectivity index (χ4n) is 5.32. The summed E-state index contributed by atoms with van der Waals surface area (Å²) in [6.45, 7) is 8.23. The van der Waals surface area contributed by atoms with Crippen molar-refractivity contribution in [3.05, 3.63) is 28.8 Å². The van der Waals surface area contributed by atoms with E-state index in [0.717, 1.165) is 61.6 Å². The topological polar surface area (TPSA) is 54.4 Å². The predicted molar refractivity (Wildman–Crippen MR) is 159 cm³/mol. The summed E-state index contributed by atoms with van der Waals surface area (Å²) in [5, 5.41) is 11.1. The molecule has 1 rings (SSSR count). The van der Waals surface area contributed by atoms with Gasteiger partial charge in [-0.25, -0.2) is 0 Å². The van der Waals surface area contributed by atoms with Crippen LogP contribution in [0.4, 0.5) is 0 Å². The summed E-state index contributed by atoms with van der Waals surface area (Å²) >= 11 is 0. The van der Waals surface area contributed by atoms with Crippen LogP contribution in [-0.4, -0.2) is 16.7 Å². The average molecular weight is 515 g/mol. The minimum atomic E-state index is -0.556. The van der Waals surface area contributed by atoms with Crippen LogP contribution in [0.25, 0.3) is 0 Å². The van der Waals surface area contributed by atoms with Crippen LogP contribution in [0.15, 0.2) is 12.1 Å². The second-order valence-electron chi connectivity index (χ2n) is 11.3. The molecule has 1 aromatic carbocycles. The van der Waals surface area contributed by atoms with Crippen molar-refractivity contribution >= 4 is 11.6 Å². The van der Waals surface area contributed by atoms with Crippen LogP contribution in [0, 0.1) is 5.92 Å². The van der Waals surface area contributed by atoms with Gasteiger partial charge in [0.05, 0.1) is 5.92 Å². The molecule has 3 nitrogen and oxygen atoms in total. The van der Waals surface area contributed by atoms with Gasteiger partial charge in [0.25, 0.3) is 0 Å². The van der Waals surface area contributed by atoms with Crippen molar-refractivity contribution in [2.24, 2.45) is 5.92 Å². The highest BCUT2D eigenvalue weighted by Gasteiger charge is 2.24. The van der Waals surface area contributed by atoms with Crippen molar-refractivity contribution in [1.82, 2.24) is 0 Å². The predicted octanol–water partition coefficient (Wildman–Crippen LogP) is 9.88. The number of hydrogen-bond acceptors (Lipinski definition) is 3. The molecule has 3 heteroatoms. The molecule has 0 radical (unpaired) electrons. The van der Waals surface area contributed by atoms with Crippen molar-refractivity contribution in [2.45, 2.75) is 163 Å². The summed E-state index contributed by atoms with van der Waals surface area (Å²) in [5.74, 6) is -0.0411. The van der Waals surface area contributed by atoms with Crippen LogP contribution in [0.2, 0.25) is 0 Å². The van der Waals surface area contributed by atoms with E-state index in [-0.39, 0.29) is 11.6 Å². The third-order valence-corrected chi connectivity index (χ3v) is 7.77. The second kappa shape index (κ2) is 21.3. The van der Waals surface area contributed by atoms with Gasteiger partial charge in [0.2, 0.25) is 0 Å². The van der Waals surface area contributed by atoms with E-state index in [2.05, 4.69) is 32.9 Å². The van der Waals surface area contributed by atoms with Gasteiger partial charge in [-0.3, -0.25) is 9.59 Å². The fraction of sp³-hybridized carbons (Fsp3) is 0.765. The van der Waals surface area contributed by atoms with Crippen molar-refractivity contribution in [2.75, 3.05) is 0 Å². The van der Waals surface area contributed by atoms with Crippen molar-refractivity contribution in [3.8, 4) is 5.75 Å². The molecule has 37 heavy (non-hydrogen) atoms. The smallest absolute Gasteiger partial charge is 0.143 e. The first-order valence-electron chi connectivity index (χ1n) is 15.8. The molecule has 1 unspecified atom stereocenters. The average Bonchev–Trinajstić information content (AvgIpc) is 2.88.